The number of hydrogen-bond acceptors (Lipinski definition) is 5. The number of pyridine rings is 1. The first kappa shape index (κ1) is 19.1. The molecule has 1 aromatic carbocycles. The Kier molecular flexibility index (Phi) is 5.62. The molecule has 8 heteroatoms. The molecule has 1 fully saturated rings. The lowest BCUT2D eigenvalue weighted by molar-refractivity contribution is -0.137. The van der Waals surface area contributed by atoms with Gasteiger partial charge in [0.25, 0.3) is 0 Å². The van der Waals surface area contributed by atoms with Crippen LogP contribution in [0.3, 0.4) is 0 Å². The molecule has 0 aliphatic carbocycles. The van der Waals surface area contributed by atoms with Gasteiger partial charge in [-0.1, -0.05) is 0 Å². The van der Waals surface area contributed by atoms with Crippen molar-refractivity contribution >= 4 is 11.5 Å². The van der Waals surface area contributed by atoms with Crippen molar-refractivity contribution in [2.24, 2.45) is 0 Å². The lowest BCUT2D eigenvalue weighted by atomic mass is 10.0. The highest BCUT2D eigenvalue weighted by atomic mass is 19.4. The summed E-state index contributed by atoms with van der Waals surface area (Å²) in [4.78, 5) is 5.98. The third kappa shape index (κ3) is 4.75. The minimum absolute atomic E-state index is 0.257. The maximum atomic E-state index is 12.6. The first-order valence-corrected chi connectivity index (χ1v) is 8.67. The minimum Gasteiger partial charge on any atom is -0.497 e. The average Bonchev–Trinajstić information content (AvgIpc) is 2.67. The zero-order valence-electron chi connectivity index (χ0n) is 15.2. The predicted molar refractivity (Wildman–Crippen MR) is 97.6 cm³/mol. The van der Waals surface area contributed by atoms with Gasteiger partial charge >= 0.3 is 6.18 Å². The molecule has 1 aliphatic rings. The summed E-state index contributed by atoms with van der Waals surface area (Å²) in [6, 6.07) is 8.40. The Morgan fingerprint density at radius 1 is 1.04 bits per heavy atom. The summed E-state index contributed by atoms with van der Waals surface area (Å²) < 4.78 is 48.5. The second-order valence-electron chi connectivity index (χ2n) is 6.41. The van der Waals surface area contributed by atoms with Crippen LogP contribution in [0.15, 0.2) is 36.5 Å². The largest absolute Gasteiger partial charge is 0.497 e. The van der Waals surface area contributed by atoms with Crippen molar-refractivity contribution in [1.29, 1.82) is 0 Å². The van der Waals surface area contributed by atoms with Crippen molar-refractivity contribution < 1.29 is 22.6 Å². The van der Waals surface area contributed by atoms with Crippen molar-refractivity contribution in [2.45, 2.75) is 25.1 Å². The minimum atomic E-state index is -4.36. The van der Waals surface area contributed by atoms with Crippen LogP contribution in [0.1, 0.15) is 18.4 Å². The molecule has 0 bridgehead atoms. The molecule has 146 valence electrons. The van der Waals surface area contributed by atoms with Crippen molar-refractivity contribution in [3.05, 3.63) is 42.1 Å². The van der Waals surface area contributed by atoms with E-state index >= 15 is 0 Å². The van der Waals surface area contributed by atoms with E-state index in [0.717, 1.165) is 43.9 Å². The number of piperidine rings is 1. The normalized spacial score (nSPS) is 15.5. The SMILES string of the molecule is COc1cc(NC2CCN(c3ccc(C(F)(F)F)cn3)CC2)cc(OC)c1. The molecule has 0 saturated carbocycles. The van der Waals surface area contributed by atoms with E-state index in [9.17, 15) is 13.2 Å². The fourth-order valence-corrected chi connectivity index (χ4v) is 3.12. The number of ether oxygens (including phenoxy) is 2. The molecule has 2 heterocycles. The summed E-state index contributed by atoms with van der Waals surface area (Å²) in [5.41, 5.74) is 0.187. The zero-order chi connectivity index (χ0) is 19.4. The molecule has 27 heavy (non-hydrogen) atoms. The lowest BCUT2D eigenvalue weighted by Gasteiger charge is -2.33. The molecule has 3 rings (SSSR count). The van der Waals surface area contributed by atoms with Crippen LogP contribution in [0.4, 0.5) is 24.7 Å². The number of methoxy groups -OCH3 is 2. The summed E-state index contributed by atoms with van der Waals surface area (Å²) in [5, 5.41) is 3.48. The molecule has 1 saturated heterocycles. The van der Waals surface area contributed by atoms with E-state index in [1.54, 1.807) is 14.2 Å². The fourth-order valence-electron chi connectivity index (χ4n) is 3.12. The fraction of sp³-hybridized carbons (Fsp3) is 0.421. The van der Waals surface area contributed by atoms with Crippen LogP contribution in [-0.4, -0.2) is 38.3 Å². The molecule has 0 unspecified atom stereocenters. The number of rotatable bonds is 5. The van der Waals surface area contributed by atoms with E-state index in [-0.39, 0.29) is 6.04 Å². The first-order valence-electron chi connectivity index (χ1n) is 8.67. The van der Waals surface area contributed by atoms with Gasteiger partial charge in [0.05, 0.1) is 19.8 Å². The van der Waals surface area contributed by atoms with Gasteiger partial charge in [-0.3, -0.25) is 0 Å². The second-order valence-corrected chi connectivity index (χ2v) is 6.41. The molecule has 0 amide bonds. The highest BCUT2D eigenvalue weighted by Crippen LogP contribution is 2.30. The van der Waals surface area contributed by atoms with Gasteiger partial charge in [0, 0.05) is 49.2 Å². The van der Waals surface area contributed by atoms with Crippen LogP contribution < -0.4 is 19.7 Å². The maximum Gasteiger partial charge on any atom is 0.417 e. The van der Waals surface area contributed by atoms with Crippen LogP contribution in [0.25, 0.3) is 0 Å². The standard InChI is InChI=1S/C19H22F3N3O2/c1-26-16-9-15(10-17(11-16)27-2)24-14-5-7-25(8-6-14)18-4-3-13(12-23-18)19(20,21)22/h3-4,9-12,14,24H,5-8H2,1-2H3. The van der Waals surface area contributed by atoms with E-state index in [0.29, 0.717) is 17.3 Å². The average molecular weight is 381 g/mol. The topological polar surface area (TPSA) is 46.6 Å². The summed E-state index contributed by atoms with van der Waals surface area (Å²) in [7, 11) is 3.21. The van der Waals surface area contributed by atoms with Gasteiger partial charge in [0.1, 0.15) is 17.3 Å². The molecule has 0 radical (unpaired) electrons. The molecule has 1 N–H and O–H groups in total. The third-order valence-corrected chi connectivity index (χ3v) is 4.62. The summed E-state index contributed by atoms with van der Waals surface area (Å²) in [6.45, 7) is 1.44. The summed E-state index contributed by atoms with van der Waals surface area (Å²) in [6.07, 6.45) is -1.77. The summed E-state index contributed by atoms with van der Waals surface area (Å²) in [5.74, 6) is 2.00. The first-order chi connectivity index (χ1) is 12.9. The number of aromatic nitrogens is 1. The van der Waals surface area contributed by atoms with Crippen molar-refractivity contribution in [2.75, 3.05) is 37.5 Å². The highest BCUT2D eigenvalue weighted by molar-refractivity contribution is 5.54. The molecule has 0 atom stereocenters. The zero-order valence-corrected chi connectivity index (χ0v) is 15.2. The lowest BCUT2D eigenvalue weighted by Crippen LogP contribution is -2.39. The van der Waals surface area contributed by atoms with Crippen molar-refractivity contribution in [3.8, 4) is 11.5 Å². The van der Waals surface area contributed by atoms with Crippen LogP contribution in [-0.2, 0) is 6.18 Å². The van der Waals surface area contributed by atoms with Gasteiger partial charge in [0.15, 0.2) is 0 Å². The Bertz CT molecular complexity index is 736. The smallest absolute Gasteiger partial charge is 0.417 e. The van der Waals surface area contributed by atoms with E-state index < -0.39 is 11.7 Å². The molecule has 5 nitrogen and oxygen atoms in total. The Hall–Kier alpha value is -2.64. The Morgan fingerprint density at radius 2 is 1.67 bits per heavy atom. The van der Waals surface area contributed by atoms with E-state index in [4.69, 9.17) is 9.47 Å². The quantitative estimate of drug-likeness (QED) is 0.841. The molecular weight excluding hydrogens is 359 g/mol. The number of alkyl halides is 3. The molecular formula is C19H22F3N3O2. The number of halogens is 3. The van der Waals surface area contributed by atoms with Gasteiger partial charge in [-0.15, -0.1) is 0 Å². The summed E-state index contributed by atoms with van der Waals surface area (Å²) >= 11 is 0. The Morgan fingerprint density at radius 3 is 2.15 bits per heavy atom. The molecule has 0 spiro atoms. The van der Waals surface area contributed by atoms with Crippen molar-refractivity contribution in [1.82, 2.24) is 4.98 Å². The predicted octanol–water partition coefficient (Wildman–Crippen LogP) is 4.20. The van der Waals surface area contributed by atoms with Crippen LogP contribution in [0.5, 0.6) is 11.5 Å². The van der Waals surface area contributed by atoms with E-state index in [1.807, 2.05) is 23.1 Å². The third-order valence-electron chi connectivity index (χ3n) is 4.62. The highest BCUT2D eigenvalue weighted by Gasteiger charge is 2.31. The van der Waals surface area contributed by atoms with Crippen LogP contribution in [0.2, 0.25) is 0 Å². The van der Waals surface area contributed by atoms with Gasteiger partial charge < -0.3 is 19.7 Å². The van der Waals surface area contributed by atoms with E-state index in [1.165, 1.54) is 6.07 Å². The Labute approximate surface area is 156 Å². The van der Waals surface area contributed by atoms with Crippen LogP contribution >= 0.6 is 0 Å². The van der Waals surface area contributed by atoms with Gasteiger partial charge in [-0.05, 0) is 25.0 Å². The number of nitrogens with one attached hydrogen (secondary N) is 1. The van der Waals surface area contributed by atoms with Crippen molar-refractivity contribution in [3.63, 3.8) is 0 Å². The van der Waals surface area contributed by atoms with Gasteiger partial charge in [-0.2, -0.15) is 13.2 Å². The molecule has 1 aromatic heterocycles. The monoisotopic (exact) mass is 381 g/mol. The number of nitrogens with zero attached hydrogens (tertiary/aromatic N) is 2. The second kappa shape index (κ2) is 7.94. The molecule has 2 aromatic rings. The number of hydrogen-bond donors (Lipinski definition) is 1. The number of benzene rings is 1. The van der Waals surface area contributed by atoms with E-state index in [2.05, 4.69) is 10.3 Å². The van der Waals surface area contributed by atoms with Gasteiger partial charge in [-0.25, -0.2) is 4.98 Å². The molecule has 1 aliphatic heterocycles. The Balaban J connectivity index is 1.59. The maximum absolute atomic E-state index is 12.6. The van der Waals surface area contributed by atoms with Gasteiger partial charge in [0.2, 0.25) is 0 Å². The van der Waals surface area contributed by atoms with Crippen LogP contribution in [0, 0.1) is 0 Å². The number of anilines is 2.